The molecule has 0 heterocycles. The molecule has 0 aromatic heterocycles. The van der Waals surface area contributed by atoms with E-state index in [1.807, 2.05) is 0 Å². The lowest BCUT2D eigenvalue weighted by Gasteiger charge is -2.30. The molecule has 0 radical (unpaired) electrons. The average molecular weight is 729 g/mol. The fourth-order valence-corrected chi connectivity index (χ4v) is 6.29. The van der Waals surface area contributed by atoms with Crippen molar-refractivity contribution in [1.29, 1.82) is 0 Å². The fraction of sp³-hybridized carbons (Fsp3) is 1.00. The summed E-state index contributed by atoms with van der Waals surface area (Å²) in [6.45, 7) is 7.39. The highest BCUT2D eigenvalue weighted by Crippen LogP contribution is 2.16. The molecule has 0 rings (SSSR count). The first-order valence-corrected chi connectivity index (χ1v) is 18.9. The minimum atomic E-state index is 0. The van der Waals surface area contributed by atoms with Gasteiger partial charge in [-0.05, 0) is 25.7 Å². The van der Waals surface area contributed by atoms with Crippen molar-refractivity contribution in [2.24, 2.45) is 0 Å². The maximum absolute atomic E-state index is 2.47. The number of hydrogen-bond acceptors (Lipinski definition) is 1. The molecule has 3 N–H and O–H groups in total. The highest BCUT2D eigenvalue weighted by molar-refractivity contribution is 8.93. The van der Waals surface area contributed by atoms with Crippen LogP contribution in [-0.4, -0.2) is 31.7 Å². The van der Waals surface area contributed by atoms with E-state index in [-0.39, 0.29) is 40.1 Å². The first kappa shape index (κ1) is 49.8. The predicted molar refractivity (Wildman–Crippen MR) is 196 cm³/mol. The normalized spacial score (nSPS) is 11.1. The minimum absolute atomic E-state index is 0. The maximum atomic E-state index is 2.47. The Morgan fingerprint density at radius 3 is 0.595 bits per heavy atom. The third kappa shape index (κ3) is 43.0. The van der Waals surface area contributed by atoms with Crippen LogP contribution in [-0.2, 0) is 0 Å². The van der Waals surface area contributed by atoms with Gasteiger partial charge in [0.15, 0.2) is 0 Å². The Balaban J connectivity index is -0.00000241. The van der Waals surface area contributed by atoms with Crippen LogP contribution in [0.15, 0.2) is 0 Å². The summed E-state index contributed by atoms with van der Waals surface area (Å²) >= 11 is 0. The van der Waals surface area contributed by atoms with Crippen molar-refractivity contribution in [2.45, 2.75) is 219 Å². The van der Waals surface area contributed by atoms with Gasteiger partial charge in [-0.2, -0.15) is 0 Å². The van der Waals surface area contributed by atoms with Crippen LogP contribution in [0, 0.1) is 0 Å². The zero-order valence-corrected chi connectivity index (χ0v) is 33.3. The lowest BCUT2D eigenvalue weighted by atomic mass is 10.0. The third-order valence-corrected chi connectivity index (χ3v) is 9.23. The van der Waals surface area contributed by atoms with E-state index in [1.54, 1.807) is 0 Å². The first-order valence-electron chi connectivity index (χ1n) is 18.9. The standard InChI is InChI=1S/C38H80N.2BrH.H3N/c1-5-7-9-11-13-15-17-19-21-23-25-27-29-31-33-35-37-39(3,4)38-36-34-32-30-28-26-24-22-20-18-16-14-12-10-8-6-2;;;/h5-38H2,1-4H3;2*1H;1H3/q+1;;;/p-1. The smallest absolute Gasteiger partial charge is 0.0782 e. The summed E-state index contributed by atoms with van der Waals surface area (Å²) in [6.07, 6.45) is 46.9. The molecule has 0 amide bonds. The molecule has 0 aromatic rings. The van der Waals surface area contributed by atoms with E-state index < -0.39 is 0 Å². The molecular formula is C38H84Br2N2. The molecule has 0 bridgehead atoms. The lowest BCUT2D eigenvalue weighted by Crippen LogP contribution is -3.00. The molecule has 42 heavy (non-hydrogen) atoms. The van der Waals surface area contributed by atoms with Crippen LogP contribution >= 0.6 is 17.0 Å². The molecule has 0 atom stereocenters. The number of hydrogen-bond donors (Lipinski definition) is 1. The maximum Gasteiger partial charge on any atom is 0.0782 e. The summed E-state index contributed by atoms with van der Waals surface area (Å²) < 4.78 is 1.25. The van der Waals surface area contributed by atoms with Crippen LogP contribution in [0.2, 0.25) is 0 Å². The summed E-state index contributed by atoms with van der Waals surface area (Å²) in [5.41, 5.74) is 0. The Morgan fingerprint density at radius 1 is 0.286 bits per heavy atom. The molecule has 0 aromatic carbocycles. The van der Waals surface area contributed by atoms with Gasteiger partial charge in [-0.25, -0.2) is 0 Å². The summed E-state index contributed by atoms with van der Waals surface area (Å²) in [5.74, 6) is 0. The highest BCUT2D eigenvalue weighted by atomic mass is 79.9. The van der Waals surface area contributed by atoms with Crippen molar-refractivity contribution >= 4 is 17.0 Å². The molecule has 4 heteroatoms. The molecule has 0 saturated carbocycles. The topological polar surface area (TPSA) is 35.0 Å². The number of unbranched alkanes of at least 4 members (excludes halogenated alkanes) is 30. The van der Waals surface area contributed by atoms with Crippen LogP contribution in [0.25, 0.3) is 0 Å². The second-order valence-electron chi connectivity index (χ2n) is 14.0. The van der Waals surface area contributed by atoms with Crippen molar-refractivity contribution in [2.75, 3.05) is 27.2 Å². The summed E-state index contributed by atoms with van der Waals surface area (Å²) in [6, 6.07) is 0. The SMILES string of the molecule is Br.CCCCCCCCCCCCCCCCCC[N+](C)(C)CCCCCCCCCCCCCCCCCC.N.[Br-]. The van der Waals surface area contributed by atoms with Crippen molar-refractivity contribution in [1.82, 2.24) is 6.15 Å². The van der Waals surface area contributed by atoms with Crippen LogP contribution in [0.1, 0.15) is 219 Å². The molecule has 2 nitrogen and oxygen atoms in total. The van der Waals surface area contributed by atoms with Crippen LogP contribution in [0.5, 0.6) is 0 Å². The van der Waals surface area contributed by atoms with Gasteiger partial charge in [0.05, 0.1) is 27.2 Å². The Morgan fingerprint density at radius 2 is 0.429 bits per heavy atom. The summed E-state index contributed by atoms with van der Waals surface area (Å²) in [4.78, 5) is 0. The van der Waals surface area contributed by atoms with Gasteiger partial charge >= 0.3 is 0 Å². The molecule has 0 spiro atoms. The van der Waals surface area contributed by atoms with Crippen molar-refractivity contribution in [3.63, 3.8) is 0 Å². The molecule has 0 saturated heterocycles. The van der Waals surface area contributed by atoms with Gasteiger partial charge < -0.3 is 27.6 Å². The molecular weight excluding hydrogens is 644 g/mol. The van der Waals surface area contributed by atoms with Crippen molar-refractivity contribution < 1.29 is 21.5 Å². The van der Waals surface area contributed by atoms with Crippen molar-refractivity contribution in [3.8, 4) is 0 Å². The van der Waals surface area contributed by atoms with Crippen LogP contribution < -0.4 is 23.1 Å². The predicted octanol–water partition coefficient (Wildman–Crippen LogP) is 11.3. The van der Waals surface area contributed by atoms with Gasteiger partial charge in [-0.15, -0.1) is 17.0 Å². The van der Waals surface area contributed by atoms with Gasteiger partial charge in [0.2, 0.25) is 0 Å². The van der Waals surface area contributed by atoms with E-state index >= 15 is 0 Å². The molecule has 0 aliphatic heterocycles. The van der Waals surface area contributed by atoms with Crippen LogP contribution in [0.3, 0.4) is 0 Å². The van der Waals surface area contributed by atoms with Gasteiger partial charge in [-0.3, -0.25) is 0 Å². The molecule has 0 aliphatic carbocycles. The van der Waals surface area contributed by atoms with Gasteiger partial charge in [0, 0.05) is 0 Å². The fourth-order valence-electron chi connectivity index (χ4n) is 6.29. The van der Waals surface area contributed by atoms with Gasteiger partial charge in [0.25, 0.3) is 0 Å². The molecule has 0 fully saturated rings. The van der Waals surface area contributed by atoms with E-state index in [0.29, 0.717) is 0 Å². The van der Waals surface area contributed by atoms with E-state index in [9.17, 15) is 0 Å². The monoisotopic (exact) mass is 727 g/mol. The number of nitrogens with zero attached hydrogens (tertiary/aromatic N) is 1. The number of rotatable bonds is 34. The van der Waals surface area contributed by atoms with E-state index in [2.05, 4.69) is 27.9 Å². The minimum Gasteiger partial charge on any atom is -1.00 e. The largest absolute Gasteiger partial charge is 1.00 e. The Labute approximate surface area is 289 Å². The molecule has 260 valence electrons. The Bertz CT molecular complexity index is 407. The average Bonchev–Trinajstić information content (AvgIpc) is 2.92. The summed E-state index contributed by atoms with van der Waals surface area (Å²) in [5, 5.41) is 0. The summed E-state index contributed by atoms with van der Waals surface area (Å²) in [7, 11) is 4.94. The molecule has 0 aliphatic rings. The third-order valence-electron chi connectivity index (χ3n) is 9.23. The lowest BCUT2D eigenvalue weighted by molar-refractivity contribution is -0.890. The molecule has 0 unspecified atom stereocenters. The Kier molecular flexibility index (Phi) is 49.6. The van der Waals surface area contributed by atoms with Gasteiger partial charge in [0.1, 0.15) is 0 Å². The second kappa shape index (κ2) is 41.9. The first-order chi connectivity index (χ1) is 19.1. The zero-order chi connectivity index (χ0) is 28.5. The van der Waals surface area contributed by atoms with E-state index in [1.165, 1.54) is 223 Å². The number of quaternary nitrogens is 1. The van der Waals surface area contributed by atoms with Gasteiger partial charge in [-0.1, -0.05) is 194 Å². The van der Waals surface area contributed by atoms with E-state index in [4.69, 9.17) is 0 Å². The second-order valence-corrected chi connectivity index (χ2v) is 14.0. The Hall–Kier alpha value is 0.880. The number of halogens is 2. The quantitative estimate of drug-likeness (QED) is 0.0520. The highest BCUT2D eigenvalue weighted by Gasteiger charge is 2.13. The van der Waals surface area contributed by atoms with Crippen molar-refractivity contribution in [3.05, 3.63) is 0 Å². The van der Waals surface area contributed by atoms with E-state index in [0.717, 1.165) is 0 Å². The zero-order valence-electron chi connectivity index (χ0n) is 30.0. The van der Waals surface area contributed by atoms with Crippen LogP contribution in [0.4, 0.5) is 0 Å².